The minimum atomic E-state index is -0.895. The van der Waals surface area contributed by atoms with Crippen LogP contribution < -0.4 is 5.32 Å². The Hall–Kier alpha value is -1.63. The molecule has 0 spiro atoms. The van der Waals surface area contributed by atoms with E-state index in [0.29, 0.717) is 25.2 Å². The van der Waals surface area contributed by atoms with Crippen molar-refractivity contribution in [3.63, 3.8) is 0 Å². The van der Waals surface area contributed by atoms with Crippen LogP contribution >= 0.6 is 0 Å². The van der Waals surface area contributed by atoms with Crippen LogP contribution in [-0.2, 0) is 14.2 Å². The van der Waals surface area contributed by atoms with Crippen molar-refractivity contribution < 1.29 is 24.1 Å². The van der Waals surface area contributed by atoms with E-state index in [-0.39, 0.29) is 5.92 Å². The lowest BCUT2D eigenvalue weighted by Crippen LogP contribution is -2.43. The zero-order valence-corrected chi connectivity index (χ0v) is 16.3. The first-order valence-corrected chi connectivity index (χ1v) is 9.17. The number of aliphatic hydroxyl groups is 1. The summed E-state index contributed by atoms with van der Waals surface area (Å²) in [5, 5.41) is 13.9. The van der Waals surface area contributed by atoms with Crippen molar-refractivity contribution >= 4 is 6.09 Å². The number of ether oxygens (including phenoxy) is 3. The second-order valence-corrected chi connectivity index (χ2v) is 8.03. The molecule has 2 rings (SSSR count). The highest BCUT2D eigenvalue weighted by molar-refractivity contribution is 5.68. The molecule has 26 heavy (non-hydrogen) atoms. The molecule has 1 aromatic rings. The second kappa shape index (κ2) is 8.84. The van der Waals surface area contributed by atoms with Crippen LogP contribution in [0, 0.1) is 5.92 Å². The molecule has 1 aliphatic heterocycles. The van der Waals surface area contributed by atoms with Gasteiger partial charge in [0.05, 0.1) is 25.4 Å². The molecule has 0 aromatic heterocycles. The molecule has 1 aliphatic rings. The van der Waals surface area contributed by atoms with Gasteiger partial charge in [-0.3, -0.25) is 0 Å². The summed E-state index contributed by atoms with van der Waals surface area (Å²) in [6.45, 7) is 10.6. The van der Waals surface area contributed by atoms with Gasteiger partial charge in [0.1, 0.15) is 5.60 Å². The number of nitrogens with one attached hydrogen (secondary N) is 1. The van der Waals surface area contributed by atoms with Crippen molar-refractivity contribution in [3.8, 4) is 0 Å². The molecule has 6 heteroatoms. The molecule has 1 saturated heterocycles. The monoisotopic (exact) mass is 365 g/mol. The largest absolute Gasteiger partial charge is 0.444 e. The highest BCUT2D eigenvalue weighted by atomic mass is 16.7. The maximum atomic E-state index is 12.2. The summed E-state index contributed by atoms with van der Waals surface area (Å²) in [4.78, 5) is 12.2. The summed E-state index contributed by atoms with van der Waals surface area (Å²) in [6, 6.07) is 6.99. The molecule has 0 aliphatic carbocycles. The van der Waals surface area contributed by atoms with E-state index in [2.05, 4.69) is 5.32 Å². The third-order valence-electron chi connectivity index (χ3n) is 4.00. The fourth-order valence-electron chi connectivity index (χ4n) is 2.98. The minimum Gasteiger partial charge on any atom is -0.444 e. The van der Waals surface area contributed by atoms with Crippen LogP contribution in [0.3, 0.4) is 0 Å². The fourth-order valence-corrected chi connectivity index (χ4v) is 2.98. The van der Waals surface area contributed by atoms with E-state index in [1.165, 1.54) is 0 Å². The van der Waals surface area contributed by atoms with Gasteiger partial charge >= 0.3 is 6.09 Å². The van der Waals surface area contributed by atoms with Crippen molar-refractivity contribution in [2.45, 2.75) is 65.1 Å². The molecule has 0 bridgehead atoms. The number of aliphatic hydroxyl groups excluding tert-OH is 1. The smallest absolute Gasteiger partial charge is 0.407 e. The summed E-state index contributed by atoms with van der Waals surface area (Å²) in [7, 11) is 0. The molecule has 1 fully saturated rings. The molecule has 146 valence electrons. The summed E-state index contributed by atoms with van der Waals surface area (Å²) in [5.74, 6) is 0.288. The summed E-state index contributed by atoms with van der Waals surface area (Å²) < 4.78 is 16.5. The Kier molecular flexibility index (Phi) is 7.03. The Bertz CT molecular complexity index is 590. The third-order valence-corrected chi connectivity index (χ3v) is 4.00. The highest BCUT2D eigenvalue weighted by Crippen LogP contribution is 2.32. The predicted octanol–water partition coefficient (Wildman–Crippen LogP) is 3.70. The van der Waals surface area contributed by atoms with Gasteiger partial charge in [-0.25, -0.2) is 4.79 Å². The van der Waals surface area contributed by atoms with Gasteiger partial charge < -0.3 is 24.6 Å². The third kappa shape index (κ3) is 5.97. The molecule has 2 atom stereocenters. The Labute approximate surface area is 155 Å². The average Bonchev–Trinajstić information content (AvgIpc) is 3.05. The van der Waals surface area contributed by atoms with Gasteiger partial charge in [-0.15, -0.1) is 0 Å². The summed E-state index contributed by atoms with van der Waals surface area (Å²) >= 11 is 0. The lowest BCUT2D eigenvalue weighted by atomic mass is 9.91. The first kappa shape index (κ1) is 20.7. The van der Waals surface area contributed by atoms with Gasteiger partial charge in [-0.2, -0.15) is 0 Å². The SMILES string of the molecule is CC(C)C[C@@H](NC(=O)OC(C)(C)C)[C@@H](O)c1ccccc1C1OCCO1. The van der Waals surface area contributed by atoms with Gasteiger partial charge in [0.15, 0.2) is 6.29 Å². The topological polar surface area (TPSA) is 77.0 Å². The number of rotatable bonds is 6. The number of carbonyl (C=O) groups excluding carboxylic acids is 1. The van der Waals surface area contributed by atoms with Crippen LogP contribution in [0.5, 0.6) is 0 Å². The van der Waals surface area contributed by atoms with E-state index in [9.17, 15) is 9.90 Å². The first-order chi connectivity index (χ1) is 12.2. The Morgan fingerprint density at radius 2 is 1.88 bits per heavy atom. The van der Waals surface area contributed by atoms with E-state index < -0.39 is 30.1 Å². The van der Waals surface area contributed by atoms with E-state index in [1.54, 1.807) is 0 Å². The van der Waals surface area contributed by atoms with Crippen molar-refractivity contribution in [1.29, 1.82) is 0 Å². The van der Waals surface area contributed by atoms with E-state index in [4.69, 9.17) is 14.2 Å². The highest BCUT2D eigenvalue weighted by Gasteiger charge is 2.30. The number of alkyl carbamates (subject to hydrolysis) is 1. The Morgan fingerprint density at radius 3 is 2.46 bits per heavy atom. The number of benzene rings is 1. The van der Waals surface area contributed by atoms with Gasteiger partial charge in [-0.05, 0) is 38.7 Å². The normalized spacial score (nSPS) is 18.0. The van der Waals surface area contributed by atoms with Gasteiger partial charge in [0.2, 0.25) is 0 Å². The van der Waals surface area contributed by atoms with Crippen molar-refractivity contribution in [1.82, 2.24) is 5.32 Å². The predicted molar refractivity (Wildman–Crippen MR) is 98.7 cm³/mol. The molecule has 0 unspecified atom stereocenters. The van der Waals surface area contributed by atoms with E-state index in [0.717, 1.165) is 5.56 Å². The van der Waals surface area contributed by atoms with E-state index in [1.807, 2.05) is 58.9 Å². The zero-order chi connectivity index (χ0) is 19.3. The van der Waals surface area contributed by atoms with Crippen LogP contribution in [0.25, 0.3) is 0 Å². The lowest BCUT2D eigenvalue weighted by Gasteiger charge is -2.29. The van der Waals surface area contributed by atoms with Gasteiger partial charge in [0, 0.05) is 5.56 Å². The van der Waals surface area contributed by atoms with Crippen LogP contribution in [0.2, 0.25) is 0 Å². The van der Waals surface area contributed by atoms with Crippen molar-refractivity contribution in [3.05, 3.63) is 35.4 Å². The maximum Gasteiger partial charge on any atom is 0.407 e. The number of amides is 1. The summed E-state index contributed by atoms with van der Waals surface area (Å²) in [5.41, 5.74) is 0.888. The van der Waals surface area contributed by atoms with Crippen LogP contribution in [-0.4, -0.2) is 36.1 Å². The van der Waals surface area contributed by atoms with Crippen molar-refractivity contribution in [2.75, 3.05) is 13.2 Å². The average molecular weight is 365 g/mol. The molecule has 6 nitrogen and oxygen atoms in total. The zero-order valence-electron chi connectivity index (χ0n) is 16.3. The summed E-state index contributed by atoms with van der Waals surface area (Å²) in [6.07, 6.45) is -1.30. The van der Waals surface area contributed by atoms with Gasteiger partial charge in [-0.1, -0.05) is 38.1 Å². The molecule has 1 heterocycles. The quantitative estimate of drug-likeness (QED) is 0.804. The molecule has 0 saturated carbocycles. The fraction of sp³-hybridized carbons (Fsp3) is 0.650. The molecular weight excluding hydrogens is 334 g/mol. The standard InChI is InChI=1S/C20H31NO5/c1-13(2)12-16(21-19(23)26-20(3,4)5)17(22)14-8-6-7-9-15(14)18-24-10-11-25-18/h6-9,13,16-18,22H,10-12H2,1-5H3,(H,21,23)/t16-,17+/m1/s1. The van der Waals surface area contributed by atoms with Crippen LogP contribution in [0.1, 0.15) is 64.6 Å². The molecule has 1 aromatic carbocycles. The van der Waals surface area contributed by atoms with Crippen molar-refractivity contribution in [2.24, 2.45) is 5.92 Å². The maximum absolute atomic E-state index is 12.2. The van der Waals surface area contributed by atoms with Crippen LogP contribution in [0.4, 0.5) is 4.79 Å². The number of hydrogen-bond donors (Lipinski definition) is 2. The number of hydrogen-bond acceptors (Lipinski definition) is 5. The van der Waals surface area contributed by atoms with Gasteiger partial charge in [0.25, 0.3) is 0 Å². The Morgan fingerprint density at radius 1 is 1.27 bits per heavy atom. The molecular formula is C20H31NO5. The minimum absolute atomic E-state index is 0.288. The van der Waals surface area contributed by atoms with Crippen LogP contribution in [0.15, 0.2) is 24.3 Å². The molecule has 0 radical (unpaired) electrons. The molecule has 2 N–H and O–H groups in total. The number of carbonyl (C=O) groups is 1. The second-order valence-electron chi connectivity index (χ2n) is 8.03. The molecule has 1 amide bonds. The Balaban J connectivity index is 2.21. The first-order valence-electron chi connectivity index (χ1n) is 9.17. The van der Waals surface area contributed by atoms with E-state index >= 15 is 0 Å². The lowest BCUT2D eigenvalue weighted by molar-refractivity contribution is -0.0465.